The van der Waals surface area contributed by atoms with E-state index < -0.39 is 0 Å². The van der Waals surface area contributed by atoms with Gasteiger partial charge in [0.25, 0.3) is 11.8 Å². The lowest BCUT2D eigenvalue weighted by Gasteiger charge is -2.34. The van der Waals surface area contributed by atoms with Crippen LogP contribution in [0.25, 0.3) is 0 Å². The first-order valence-electron chi connectivity index (χ1n) is 10.2. The van der Waals surface area contributed by atoms with Crippen molar-refractivity contribution in [3.63, 3.8) is 0 Å². The molecule has 1 atom stereocenters. The number of hydrogen-bond donors (Lipinski definition) is 1. The Morgan fingerprint density at radius 1 is 1.03 bits per heavy atom. The number of piperidine rings is 1. The number of aliphatic hydroxyl groups is 1. The number of amides is 2. The normalized spacial score (nSPS) is 19.5. The highest BCUT2D eigenvalue weighted by atomic mass is 16.5. The topological polar surface area (TPSA) is 70.1 Å². The van der Waals surface area contributed by atoms with E-state index >= 15 is 0 Å². The van der Waals surface area contributed by atoms with Crippen LogP contribution in [-0.4, -0.2) is 59.6 Å². The van der Waals surface area contributed by atoms with Crippen molar-refractivity contribution in [2.24, 2.45) is 5.92 Å². The number of nitrogens with zero attached hydrogens (tertiary/aromatic N) is 2. The highest BCUT2D eigenvalue weighted by molar-refractivity contribution is 6.21. The summed E-state index contributed by atoms with van der Waals surface area (Å²) >= 11 is 0. The smallest absolute Gasteiger partial charge is 0.261 e. The summed E-state index contributed by atoms with van der Waals surface area (Å²) in [4.78, 5) is 29.1. The molecular formula is C23H26N2O4. The molecule has 0 aromatic heterocycles. The van der Waals surface area contributed by atoms with E-state index in [1.807, 2.05) is 18.2 Å². The zero-order valence-corrected chi connectivity index (χ0v) is 16.4. The summed E-state index contributed by atoms with van der Waals surface area (Å²) in [7, 11) is 0. The SMILES string of the molecule is O=C1c2ccccc2C(=O)N1C[C@@H]1CCCN(Cc2cccc(OCCO)c2)C1. The van der Waals surface area contributed by atoms with E-state index in [1.54, 1.807) is 24.3 Å². The molecule has 4 rings (SSSR count). The third kappa shape index (κ3) is 4.33. The molecule has 2 aliphatic rings. The minimum absolute atomic E-state index is 0.00413. The Morgan fingerprint density at radius 2 is 1.79 bits per heavy atom. The maximum atomic E-state index is 12.6. The Bertz CT molecular complexity index is 863. The zero-order valence-electron chi connectivity index (χ0n) is 16.4. The minimum Gasteiger partial charge on any atom is -0.491 e. The molecule has 29 heavy (non-hydrogen) atoms. The lowest BCUT2D eigenvalue weighted by Crippen LogP contribution is -2.42. The van der Waals surface area contributed by atoms with Crippen molar-refractivity contribution >= 4 is 11.8 Å². The lowest BCUT2D eigenvalue weighted by atomic mass is 9.97. The fraction of sp³-hybridized carbons (Fsp3) is 0.391. The molecule has 2 aromatic rings. The van der Waals surface area contributed by atoms with E-state index in [9.17, 15) is 9.59 Å². The standard InChI is InChI=1S/C23H26N2O4/c26-11-12-29-19-7-3-5-17(13-19)14-24-10-4-6-18(15-24)16-25-22(27)20-8-1-2-9-21(20)23(25)28/h1-3,5,7-9,13,18,26H,4,6,10-12,14-16H2/t18-/m1/s1. The summed E-state index contributed by atoms with van der Waals surface area (Å²) in [6.07, 6.45) is 2.07. The van der Waals surface area contributed by atoms with Gasteiger partial charge in [-0.2, -0.15) is 0 Å². The molecule has 6 nitrogen and oxygen atoms in total. The number of imide groups is 1. The summed E-state index contributed by atoms with van der Waals surface area (Å²) < 4.78 is 5.50. The van der Waals surface area contributed by atoms with Gasteiger partial charge in [-0.1, -0.05) is 24.3 Å². The van der Waals surface area contributed by atoms with Gasteiger partial charge < -0.3 is 9.84 Å². The minimum atomic E-state index is -0.170. The molecule has 6 heteroatoms. The maximum absolute atomic E-state index is 12.6. The summed E-state index contributed by atoms with van der Waals surface area (Å²) in [6, 6.07) is 15.0. The molecule has 2 aromatic carbocycles. The lowest BCUT2D eigenvalue weighted by molar-refractivity contribution is 0.0586. The Labute approximate surface area is 170 Å². The van der Waals surface area contributed by atoms with E-state index in [0.29, 0.717) is 17.7 Å². The first kappa shape index (κ1) is 19.6. The van der Waals surface area contributed by atoms with Gasteiger partial charge in [0.2, 0.25) is 0 Å². The molecule has 0 radical (unpaired) electrons. The van der Waals surface area contributed by atoms with Crippen LogP contribution >= 0.6 is 0 Å². The van der Waals surface area contributed by atoms with Crippen LogP contribution in [0.5, 0.6) is 5.75 Å². The molecule has 1 saturated heterocycles. The van der Waals surface area contributed by atoms with Crippen molar-refractivity contribution in [1.29, 1.82) is 0 Å². The number of benzene rings is 2. The molecule has 2 amide bonds. The molecule has 2 heterocycles. The Hall–Kier alpha value is -2.70. The fourth-order valence-corrected chi connectivity index (χ4v) is 4.26. The summed E-state index contributed by atoms with van der Waals surface area (Å²) in [6.45, 7) is 3.41. The number of rotatable bonds is 7. The number of ether oxygens (including phenoxy) is 1. The highest BCUT2D eigenvalue weighted by Crippen LogP contribution is 2.26. The third-order valence-electron chi connectivity index (χ3n) is 5.59. The van der Waals surface area contributed by atoms with Gasteiger partial charge in [0.05, 0.1) is 17.7 Å². The van der Waals surface area contributed by atoms with Crippen LogP contribution in [0, 0.1) is 5.92 Å². The van der Waals surface area contributed by atoms with Gasteiger partial charge in [-0.05, 0) is 55.1 Å². The van der Waals surface area contributed by atoms with Gasteiger partial charge >= 0.3 is 0 Å². The van der Waals surface area contributed by atoms with Crippen LogP contribution in [-0.2, 0) is 6.54 Å². The largest absolute Gasteiger partial charge is 0.491 e. The van der Waals surface area contributed by atoms with Crippen molar-refractivity contribution in [3.05, 3.63) is 65.2 Å². The molecule has 0 unspecified atom stereocenters. The van der Waals surface area contributed by atoms with Crippen LogP contribution in [0.3, 0.4) is 0 Å². The average Bonchev–Trinajstić information content (AvgIpc) is 2.98. The van der Waals surface area contributed by atoms with Gasteiger partial charge in [-0.25, -0.2) is 0 Å². The Morgan fingerprint density at radius 3 is 2.52 bits per heavy atom. The van der Waals surface area contributed by atoms with E-state index in [-0.39, 0.29) is 30.9 Å². The van der Waals surface area contributed by atoms with Gasteiger partial charge in [-0.15, -0.1) is 0 Å². The van der Waals surface area contributed by atoms with Crippen LogP contribution in [0.2, 0.25) is 0 Å². The number of likely N-dealkylation sites (tertiary alicyclic amines) is 1. The van der Waals surface area contributed by atoms with Crippen molar-refractivity contribution in [1.82, 2.24) is 9.80 Å². The van der Waals surface area contributed by atoms with Crippen molar-refractivity contribution in [3.8, 4) is 5.75 Å². The molecule has 0 aliphatic carbocycles. The monoisotopic (exact) mass is 394 g/mol. The second-order valence-electron chi connectivity index (χ2n) is 7.73. The highest BCUT2D eigenvalue weighted by Gasteiger charge is 2.37. The van der Waals surface area contributed by atoms with E-state index in [0.717, 1.165) is 43.8 Å². The quantitative estimate of drug-likeness (QED) is 0.731. The van der Waals surface area contributed by atoms with E-state index in [2.05, 4.69) is 11.0 Å². The zero-order chi connectivity index (χ0) is 20.2. The number of carbonyl (C=O) groups excluding carboxylic acids is 2. The van der Waals surface area contributed by atoms with Crippen LogP contribution in [0.4, 0.5) is 0 Å². The van der Waals surface area contributed by atoms with Crippen molar-refractivity contribution in [2.75, 3.05) is 32.8 Å². The summed E-state index contributed by atoms with van der Waals surface area (Å²) in [5, 5.41) is 8.91. The molecule has 0 bridgehead atoms. The molecule has 1 fully saturated rings. The number of hydrogen-bond acceptors (Lipinski definition) is 5. The predicted octanol–water partition coefficient (Wildman–Crippen LogP) is 2.57. The Balaban J connectivity index is 1.37. The van der Waals surface area contributed by atoms with Gasteiger partial charge in [0.1, 0.15) is 12.4 Å². The number of carbonyl (C=O) groups is 2. The molecule has 2 aliphatic heterocycles. The van der Waals surface area contributed by atoms with Gasteiger partial charge in [0.15, 0.2) is 0 Å². The molecule has 152 valence electrons. The van der Waals surface area contributed by atoms with Crippen molar-refractivity contribution < 1.29 is 19.4 Å². The molecular weight excluding hydrogens is 368 g/mol. The number of aliphatic hydroxyl groups excluding tert-OH is 1. The fourth-order valence-electron chi connectivity index (χ4n) is 4.26. The predicted molar refractivity (Wildman–Crippen MR) is 109 cm³/mol. The Kier molecular flexibility index (Phi) is 5.92. The second kappa shape index (κ2) is 8.76. The first-order valence-corrected chi connectivity index (χ1v) is 10.2. The molecule has 0 spiro atoms. The van der Waals surface area contributed by atoms with Crippen LogP contribution in [0.15, 0.2) is 48.5 Å². The molecule has 1 N–H and O–H groups in total. The van der Waals surface area contributed by atoms with E-state index in [1.165, 1.54) is 4.90 Å². The van der Waals surface area contributed by atoms with Crippen molar-refractivity contribution in [2.45, 2.75) is 19.4 Å². The maximum Gasteiger partial charge on any atom is 0.261 e. The molecule has 0 saturated carbocycles. The van der Waals surface area contributed by atoms with Crippen LogP contribution < -0.4 is 4.74 Å². The first-order chi connectivity index (χ1) is 14.2. The van der Waals surface area contributed by atoms with Gasteiger partial charge in [0, 0.05) is 19.6 Å². The second-order valence-corrected chi connectivity index (χ2v) is 7.73. The summed E-state index contributed by atoms with van der Waals surface area (Å²) in [5.74, 6) is 0.698. The third-order valence-corrected chi connectivity index (χ3v) is 5.59. The summed E-state index contributed by atoms with van der Waals surface area (Å²) in [5.41, 5.74) is 2.19. The van der Waals surface area contributed by atoms with E-state index in [4.69, 9.17) is 9.84 Å². The average molecular weight is 394 g/mol. The van der Waals surface area contributed by atoms with Gasteiger partial charge in [-0.3, -0.25) is 19.4 Å². The van der Waals surface area contributed by atoms with Crippen LogP contribution in [0.1, 0.15) is 39.1 Å². The number of fused-ring (bicyclic) bond motifs is 1.